The number of nitrogens with zero attached hydrogens (tertiary/aromatic N) is 2. The number of carbonyl (C=O) groups is 1. The molecule has 0 bridgehead atoms. The highest BCUT2D eigenvalue weighted by atomic mass is 32.2. The van der Waals surface area contributed by atoms with E-state index in [0.29, 0.717) is 6.04 Å². The molecule has 0 radical (unpaired) electrons. The van der Waals surface area contributed by atoms with Gasteiger partial charge in [-0.1, -0.05) is 12.1 Å². The molecule has 0 unspecified atom stereocenters. The summed E-state index contributed by atoms with van der Waals surface area (Å²) in [5, 5.41) is 0. The highest BCUT2D eigenvalue weighted by molar-refractivity contribution is 7.99. The number of benzene rings is 1. The quantitative estimate of drug-likeness (QED) is 0.854. The Labute approximate surface area is 142 Å². The Morgan fingerprint density at radius 2 is 1.91 bits per heavy atom. The van der Waals surface area contributed by atoms with Crippen molar-refractivity contribution in [1.82, 2.24) is 9.88 Å². The van der Waals surface area contributed by atoms with Crippen molar-refractivity contribution in [3.8, 4) is 11.1 Å². The average molecular weight is 326 g/mol. The predicted octanol–water partition coefficient (Wildman–Crippen LogP) is 4.02. The molecule has 120 valence electrons. The van der Waals surface area contributed by atoms with Gasteiger partial charge in [0.25, 0.3) is 5.91 Å². The van der Waals surface area contributed by atoms with Crippen molar-refractivity contribution in [1.29, 1.82) is 0 Å². The molecule has 1 aromatic carbocycles. The maximum absolute atomic E-state index is 12.8. The van der Waals surface area contributed by atoms with Gasteiger partial charge in [-0.15, -0.1) is 0 Å². The van der Waals surface area contributed by atoms with Crippen LogP contribution < -0.4 is 0 Å². The molecule has 3 nitrogen and oxygen atoms in total. The van der Waals surface area contributed by atoms with E-state index in [9.17, 15) is 4.79 Å². The Kier molecular flexibility index (Phi) is 5.01. The summed E-state index contributed by atoms with van der Waals surface area (Å²) in [6.45, 7) is 1.98. The maximum Gasteiger partial charge on any atom is 0.253 e. The zero-order chi connectivity index (χ0) is 16.2. The van der Waals surface area contributed by atoms with E-state index in [1.807, 2.05) is 73.2 Å². The van der Waals surface area contributed by atoms with E-state index >= 15 is 0 Å². The third-order valence-corrected chi connectivity index (χ3v) is 5.45. The summed E-state index contributed by atoms with van der Waals surface area (Å²) < 4.78 is 0. The molecule has 0 spiro atoms. The van der Waals surface area contributed by atoms with Gasteiger partial charge in [0.15, 0.2) is 0 Å². The predicted molar refractivity (Wildman–Crippen MR) is 96.9 cm³/mol. The summed E-state index contributed by atoms with van der Waals surface area (Å²) in [6.07, 6.45) is 4.00. The van der Waals surface area contributed by atoms with Crippen molar-refractivity contribution in [2.24, 2.45) is 0 Å². The lowest BCUT2D eigenvalue weighted by atomic mass is 10.0. The summed E-state index contributed by atoms with van der Waals surface area (Å²) in [5.41, 5.74) is 3.91. The van der Waals surface area contributed by atoms with Crippen molar-refractivity contribution in [3.05, 3.63) is 53.9 Å². The van der Waals surface area contributed by atoms with E-state index in [1.54, 1.807) is 0 Å². The topological polar surface area (TPSA) is 33.2 Å². The molecule has 0 saturated carbocycles. The first-order valence-corrected chi connectivity index (χ1v) is 9.18. The van der Waals surface area contributed by atoms with Gasteiger partial charge in [-0.2, -0.15) is 11.8 Å². The molecule has 23 heavy (non-hydrogen) atoms. The number of carbonyl (C=O) groups excluding carboxylic acids is 1. The van der Waals surface area contributed by atoms with Crippen molar-refractivity contribution in [3.63, 3.8) is 0 Å². The van der Waals surface area contributed by atoms with Gasteiger partial charge >= 0.3 is 0 Å². The van der Waals surface area contributed by atoms with Crippen LogP contribution in [0.15, 0.2) is 42.6 Å². The molecule has 1 saturated heterocycles. The monoisotopic (exact) mass is 326 g/mol. The lowest BCUT2D eigenvalue weighted by Gasteiger charge is -2.31. The summed E-state index contributed by atoms with van der Waals surface area (Å²) in [4.78, 5) is 19.0. The third-order valence-electron chi connectivity index (χ3n) is 4.40. The largest absolute Gasteiger partial charge is 0.339 e. The van der Waals surface area contributed by atoms with Gasteiger partial charge in [-0.05, 0) is 66.7 Å². The van der Waals surface area contributed by atoms with Gasteiger partial charge < -0.3 is 4.90 Å². The average Bonchev–Trinajstić information content (AvgIpc) is 2.61. The number of hydrogen-bond donors (Lipinski definition) is 0. The van der Waals surface area contributed by atoms with Crippen molar-refractivity contribution in [2.75, 3.05) is 18.6 Å². The standard InChI is InChI=1S/C19H22N2OS/c1-14-12-16(6-9-20-14)15-4-3-5-17(13-15)19(22)21(2)18-7-10-23-11-8-18/h3-6,9,12-13,18H,7-8,10-11H2,1-2H3. The molecule has 2 aromatic rings. The Hall–Kier alpha value is -1.81. The normalized spacial score (nSPS) is 15.4. The third kappa shape index (κ3) is 3.75. The first kappa shape index (κ1) is 16.1. The molecular weight excluding hydrogens is 304 g/mol. The molecule has 1 aliphatic rings. The lowest BCUT2D eigenvalue weighted by Crippen LogP contribution is -2.39. The highest BCUT2D eigenvalue weighted by Crippen LogP contribution is 2.24. The van der Waals surface area contributed by atoms with Crippen LogP contribution in [-0.4, -0.2) is 40.4 Å². The van der Waals surface area contributed by atoms with Crippen molar-refractivity contribution >= 4 is 17.7 Å². The van der Waals surface area contributed by atoms with E-state index in [-0.39, 0.29) is 5.91 Å². The zero-order valence-corrected chi connectivity index (χ0v) is 14.5. The van der Waals surface area contributed by atoms with Crippen LogP contribution in [0.5, 0.6) is 0 Å². The fourth-order valence-electron chi connectivity index (χ4n) is 3.00. The summed E-state index contributed by atoms with van der Waals surface area (Å²) >= 11 is 1.98. The number of pyridine rings is 1. The van der Waals surface area contributed by atoms with Gasteiger partial charge in [0.05, 0.1) is 0 Å². The van der Waals surface area contributed by atoms with Gasteiger partial charge in [-0.3, -0.25) is 9.78 Å². The minimum Gasteiger partial charge on any atom is -0.339 e. The van der Waals surface area contributed by atoms with E-state index < -0.39 is 0 Å². The maximum atomic E-state index is 12.8. The summed E-state index contributed by atoms with van der Waals surface area (Å²) in [6, 6.07) is 12.3. The van der Waals surface area contributed by atoms with Crippen LogP contribution in [0.4, 0.5) is 0 Å². The molecule has 1 aliphatic heterocycles. The molecule has 1 aromatic heterocycles. The van der Waals surface area contributed by atoms with Crippen LogP contribution in [0.3, 0.4) is 0 Å². The minimum atomic E-state index is 0.120. The molecule has 4 heteroatoms. The molecule has 0 aliphatic carbocycles. The molecule has 2 heterocycles. The van der Waals surface area contributed by atoms with Gasteiger partial charge in [0.2, 0.25) is 0 Å². The Morgan fingerprint density at radius 3 is 2.65 bits per heavy atom. The molecule has 1 fully saturated rings. The Morgan fingerprint density at radius 1 is 1.17 bits per heavy atom. The second-order valence-corrected chi connectivity index (χ2v) is 7.25. The van der Waals surface area contributed by atoms with Crippen LogP contribution in [0, 0.1) is 6.92 Å². The summed E-state index contributed by atoms with van der Waals surface area (Å²) in [7, 11) is 1.94. The number of rotatable bonds is 3. The van der Waals surface area contributed by atoms with E-state index in [4.69, 9.17) is 0 Å². The second-order valence-electron chi connectivity index (χ2n) is 6.03. The Balaban J connectivity index is 1.82. The van der Waals surface area contributed by atoms with Crippen molar-refractivity contribution < 1.29 is 4.79 Å². The number of thioether (sulfide) groups is 1. The van der Waals surface area contributed by atoms with E-state index in [0.717, 1.165) is 46.7 Å². The van der Waals surface area contributed by atoms with Crippen LogP contribution in [0.1, 0.15) is 28.9 Å². The van der Waals surface area contributed by atoms with Crippen LogP contribution >= 0.6 is 11.8 Å². The molecule has 0 atom stereocenters. The highest BCUT2D eigenvalue weighted by Gasteiger charge is 2.23. The van der Waals surface area contributed by atoms with Gasteiger partial charge in [0, 0.05) is 30.5 Å². The summed E-state index contributed by atoms with van der Waals surface area (Å²) in [5.74, 6) is 2.42. The SMILES string of the molecule is Cc1cc(-c2cccc(C(=O)N(C)C3CCSCC3)c2)ccn1. The smallest absolute Gasteiger partial charge is 0.253 e. The fraction of sp³-hybridized carbons (Fsp3) is 0.368. The second kappa shape index (κ2) is 7.18. The lowest BCUT2D eigenvalue weighted by molar-refractivity contribution is 0.0723. The van der Waals surface area contributed by atoms with Gasteiger partial charge in [-0.25, -0.2) is 0 Å². The zero-order valence-electron chi connectivity index (χ0n) is 13.7. The van der Waals surface area contributed by atoms with Crippen LogP contribution in [0.2, 0.25) is 0 Å². The minimum absolute atomic E-state index is 0.120. The van der Waals surface area contributed by atoms with Gasteiger partial charge in [0.1, 0.15) is 0 Å². The molecule has 3 rings (SSSR count). The van der Waals surface area contributed by atoms with E-state index in [2.05, 4.69) is 4.98 Å². The first-order chi connectivity index (χ1) is 11.1. The molecular formula is C19H22N2OS. The Bertz CT molecular complexity index is 695. The molecule has 1 amide bonds. The fourth-order valence-corrected chi connectivity index (χ4v) is 4.08. The number of amides is 1. The molecule has 0 N–H and O–H groups in total. The number of aromatic nitrogens is 1. The number of aryl methyl sites for hydroxylation is 1. The van der Waals surface area contributed by atoms with Crippen LogP contribution in [0.25, 0.3) is 11.1 Å². The van der Waals surface area contributed by atoms with Crippen LogP contribution in [-0.2, 0) is 0 Å². The number of hydrogen-bond acceptors (Lipinski definition) is 3. The van der Waals surface area contributed by atoms with E-state index in [1.165, 1.54) is 0 Å². The first-order valence-electron chi connectivity index (χ1n) is 8.03. The van der Waals surface area contributed by atoms with Crippen molar-refractivity contribution in [2.45, 2.75) is 25.8 Å².